The molecule has 22 heavy (non-hydrogen) atoms. The highest BCUT2D eigenvalue weighted by atomic mass is 16.3. The third kappa shape index (κ3) is 4.07. The summed E-state index contributed by atoms with van der Waals surface area (Å²) >= 11 is 0. The molecule has 0 aliphatic heterocycles. The van der Waals surface area contributed by atoms with Crippen LogP contribution >= 0.6 is 0 Å². The summed E-state index contributed by atoms with van der Waals surface area (Å²) in [4.78, 5) is 13.8. The smallest absolute Gasteiger partial charge is 0.155 e. The van der Waals surface area contributed by atoms with Gasteiger partial charge in [0, 0.05) is 23.9 Å². The molecule has 0 saturated carbocycles. The molecule has 0 bridgehead atoms. The lowest BCUT2D eigenvalue weighted by Gasteiger charge is -2.34. The van der Waals surface area contributed by atoms with Crippen LogP contribution in [0.25, 0.3) is 0 Å². The third-order valence-corrected chi connectivity index (χ3v) is 4.28. The summed E-state index contributed by atoms with van der Waals surface area (Å²) in [5.41, 5.74) is -0.380. The lowest BCUT2D eigenvalue weighted by Crippen LogP contribution is -2.42. The fourth-order valence-electron chi connectivity index (χ4n) is 2.55. The van der Waals surface area contributed by atoms with Gasteiger partial charge in [-0.15, -0.1) is 0 Å². The fraction of sp³-hybridized carbons (Fsp3) is 0.421. The molecule has 1 aliphatic rings. The predicted molar refractivity (Wildman–Crippen MR) is 88.3 cm³/mol. The molecule has 0 amide bonds. The highest BCUT2D eigenvalue weighted by molar-refractivity contribution is 5.91. The minimum Gasteiger partial charge on any atom is -0.374 e. The molecule has 116 valence electrons. The van der Waals surface area contributed by atoms with E-state index in [-0.39, 0.29) is 17.7 Å². The molecular weight excluding hydrogens is 274 g/mol. The lowest BCUT2D eigenvalue weighted by molar-refractivity contribution is -0.118. The molecule has 2 rings (SSSR count). The molecule has 0 saturated heterocycles. The number of aliphatic hydroxyl groups is 1. The Morgan fingerprint density at radius 1 is 1.36 bits per heavy atom. The van der Waals surface area contributed by atoms with E-state index in [1.807, 2.05) is 44.4 Å². The molecule has 0 aromatic heterocycles. The van der Waals surface area contributed by atoms with Gasteiger partial charge in [-0.05, 0) is 51.7 Å². The first-order valence-corrected chi connectivity index (χ1v) is 7.60. The van der Waals surface area contributed by atoms with Gasteiger partial charge in [0.1, 0.15) is 5.60 Å². The highest BCUT2D eigenvalue weighted by Gasteiger charge is 2.38. The molecule has 3 unspecified atom stereocenters. The first-order valence-electron chi connectivity index (χ1n) is 7.60. The van der Waals surface area contributed by atoms with Crippen LogP contribution in [0.1, 0.15) is 25.3 Å². The normalized spacial score (nSPS) is 25.7. The SMILES string of the molecule is CC(CC1CC(=O)C=CC1(O)C#Cc1ccccc1)N(C)C. The van der Waals surface area contributed by atoms with Crippen molar-refractivity contribution in [2.24, 2.45) is 5.92 Å². The van der Waals surface area contributed by atoms with E-state index in [0.29, 0.717) is 6.42 Å². The summed E-state index contributed by atoms with van der Waals surface area (Å²) in [6.45, 7) is 2.09. The highest BCUT2D eigenvalue weighted by Crippen LogP contribution is 2.31. The number of ketones is 1. The van der Waals surface area contributed by atoms with Gasteiger partial charge < -0.3 is 10.0 Å². The van der Waals surface area contributed by atoms with Crippen LogP contribution in [-0.2, 0) is 4.79 Å². The van der Waals surface area contributed by atoms with Gasteiger partial charge in [-0.3, -0.25) is 4.79 Å². The first-order chi connectivity index (χ1) is 10.4. The Morgan fingerprint density at radius 2 is 2.05 bits per heavy atom. The Morgan fingerprint density at radius 3 is 2.68 bits per heavy atom. The summed E-state index contributed by atoms with van der Waals surface area (Å²) in [5, 5.41) is 10.9. The summed E-state index contributed by atoms with van der Waals surface area (Å²) in [6, 6.07) is 9.85. The Kier molecular flexibility index (Phi) is 5.18. The number of carbonyl (C=O) groups is 1. The van der Waals surface area contributed by atoms with E-state index in [1.54, 1.807) is 6.08 Å². The van der Waals surface area contributed by atoms with E-state index in [1.165, 1.54) is 6.08 Å². The standard InChI is InChI=1S/C19H23NO2/c1-15(20(2)3)13-17-14-18(21)10-12-19(17,22)11-9-16-7-5-4-6-8-16/h4-8,10,12,15,17,22H,13-14H2,1-3H3. The van der Waals surface area contributed by atoms with Crippen LogP contribution in [0.5, 0.6) is 0 Å². The van der Waals surface area contributed by atoms with Crippen molar-refractivity contribution in [1.29, 1.82) is 0 Å². The molecular formula is C19H23NO2. The second-order valence-electron chi connectivity index (χ2n) is 6.19. The van der Waals surface area contributed by atoms with Crippen LogP contribution < -0.4 is 0 Å². The van der Waals surface area contributed by atoms with Crippen molar-refractivity contribution in [2.75, 3.05) is 14.1 Å². The number of hydrogen-bond donors (Lipinski definition) is 1. The maximum atomic E-state index is 11.7. The topological polar surface area (TPSA) is 40.5 Å². The fourth-order valence-corrected chi connectivity index (χ4v) is 2.55. The number of allylic oxidation sites excluding steroid dienone is 1. The van der Waals surface area contributed by atoms with Crippen molar-refractivity contribution in [1.82, 2.24) is 4.90 Å². The van der Waals surface area contributed by atoms with Gasteiger partial charge in [-0.1, -0.05) is 30.0 Å². The quantitative estimate of drug-likeness (QED) is 0.870. The third-order valence-electron chi connectivity index (χ3n) is 4.28. The van der Waals surface area contributed by atoms with E-state index in [9.17, 15) is 9.90 Å². The molecule has 0 heterocycles. The summed E-state index contributed by atoms with van der Waals surface area (Å²) in [7, 11) is 4.00. The van der Waals surface area contributed by atoms with Crippen LogP contribution in [0.3, 0.4) is 0 Å². The van der Waals surface area contributed by atoms with E-state index in [4.69, 9.17) is 0 Å². The van der Waals surface area contributed by atoms with E-state index in [0.717, 1.165) is 12.0 Å². The van der Waals surface area contributed by atoms with Gasteiger partial charge in [-0.2, -0.15) is 0 Å². The Hall–Kier alpha value is -1.89. The predicted octanol–water partition coefficient (Wildman–Crippen LogP) is 2.25. The lowest BCUT2D eigenvalue weighted by atomic mass is 9.76. The number of carbonyl (C=O) groups excluding carboxylic acids is 1. The zero-order valence-electron chi connectivity index (χ0n) is 13.4. The monoisotopic (exact) mass is 297 g/mol. The molecule has 1 N–H and O–H groups in total. The summed E-state index contributed by atoms with van der Waals surface area (Å²) < 4.78 is 0. The number of rotatable bonds is 3. The van der Waals surface area contributed by atoms with Gasteiger partial charge in [0.25, 0.3) is 0 Å². The van der Waals surface area contributed by atoms with E-state index >= 15 is 0 Å². The Bertz CT molecular complexity index is 609. The average molecular weight is 297 g/mol. The van der Waals surface area contributed by atoms with Gasteiger partial charge in [-0.25, -0.2) is 0 Å². The van der Waals surface area contributed by atoms with Crippen molar-refractivity contribution in [3.63, 3.8) is 0 Å². The first kappa shape index (κ1) is 16.5. The van der Waals surface area contributed by atoms with Crippen molar-refractivity contribution >= 4 is 5.78 Å². The average Bonchev–Trinajstić information content (AvgIpc) is 2.50. The van der Waals surface area contributed by atoms with Crippen molar-refractivity contribution in [3.8, 4) is 11.8 Å². The molecule has 0 radical (unpaired) electrons. The number of benzene rings is 1. The maximum Gasteiger partial charge on any atom is 0.155 e. The maximum absolute atomic E-state index is 11.7. The largest absolute Gasteiger partial charge is 0.374 e. The van der Waals surface area contributed by atoms with E-state index in [2.05, 4.69) is 23.7 Å². The zero-order valence-corrected chi connectivity index (χ0v) is 13.4. The summed E-state index contributed by atoms with van der Waals surface area (Å²) in [6.07, 6.45) is 4.08. The van der Waals surface area contributed by atoms with Gasteiger partial charge in [0.15, 0.2) is 5.78 Å². The number of hydrogen-bond acceptors (Lipinski definition) is 3. The van der Waals surface area contributed by atoms with E-state index < -0.39 is 5.60 Å². The Labute approximate surface area is 132 Å². The van der Waals surface area contributed by atoms with Crippen LogP contribution in [0, 0.1) is 17.8 Å². The molecule has 1 aliphatic carbocycles. The molecule has 0 fully saturated rings. The van der Waals surface area contributed by atoms with Crippen LogP contribution in [0.2, 0.25) is 0 Å². The Balaban J connectivity index is 2.25. The van der Waals surface area contributed by atoms with Crippen molar-refractivity contribution < 1.29 is 9.90 Å². The van der Waals surface area contributed by atoms with Gasteiger partial charge in [0.2, 0.25) is 0 Å². The molecule has 3 atom stereocenters. The molecule has 1 aromatic rings. The molecule has 1 aromatic carbocycles. The van der Waals surface area contributed by atoms with Crippen LogP contribution in [-0.4, -0.2) is 41.5 Å². The number of nitrogens with zero attached hydrogens (tertiary/aromatic N) is 1. The van der Waals surface area contributed by atoms with Gasteiger partial charge >= 0.3 is 0 Å². The van der Waals surface area contributed by atoms with Crippen molar-refractivity contribution in [3.05, 3.63) is 48.0 Å². The van der Waals surface area contributed by atoms with Crippen LogP contribution in [0.4, 0.5) is 0 Å². The van der Waals surface area contributed by atoms with Crippen LogP contribution in [0.15, 0.2) is 42.5 Å². The molecule has 0 spiro atoms. The minimum absolute atomic E-state index is 0.0575. The summed E-state index contributed by atoms with van der Waals surface area (Å²) in [5.74, 6) is 5.88. The van der Waals surface area contributed by atoms with Crippen molar-refractivity contribution in [2.45, 2.75) is 31.4 Å². The molecule has 3 nitrogen and oxygen atoms in total. The van der Waals surface area contributed by atoms with Gasteiger partial charge in [0.05, 0.1) is 0 Å². The zero-order chi connectivity index (χ0) is 16.2. The minimum atomic E-state index is -1.24. The second-order valence-corrected chi connectivity index (χ2v) is 6.19. The molecule has 3 heteroatoms. The second kappa shape index (κ2) is 6.91.